The number of thiophene rings is 1. The van der Waals surface area contributed by atoms with E-state index in [-0.39, 0.29) is 11.0 Å². The molecule has 0 spiro atoms. The Hall–Kier alpha value is -0.480. The van der Waals surface area contributed by atoms with Gasteiger partial charge in [-0.3, -0.25) is 9.00 Å². The van der Waals surface area contributed by atoms with Crippen LogP contribution in [0.5, 0.6) is 0 Å². The molecule has 0 aromatic carbocycles. The average Bonchev–Trinajstić information content (AvgIpc) is 2.81. The highest BCUT2D eigenvalue weighted by Gasteiger charge is 2.11. The van der Waals surface area contributed by atoms with Gasteiger partial charge in [0.1, 0.15) is 0 Å². The summed E-state index contributed by atoms with van der Waals surface area (Å²) < 4.78 is 11.6. The van der Waals surface area contributed by atoms with Crippen LogP contribution >= 0.6 is 11.3 Å². The van der Waals surface area contributed by atoms with Gasteiger partial charge in [0, 0.05) is 28.2 Å². The summed E-state index contributed by atoms with van der Waals surface area (Å²) in [6, 6.07) is 3.73. The fourth-order valence-corrected chi connectivity index (χ4v) is 3.22. The highest BCUT2D eigenvalue weighted by molar-refractivity contribution is 7.85. The molecule has 0 aliphatic heterocycles. The molecule has 4 heteroatoms. The van der Waals surface area contributed by atoms with E-state index in [2.05, 4.69) is 0 Å². The Morgan fingerprint density at radius 1 is 1.56 bits per heavy atom. The molecule has 16 heavy (non-hydrogen) atoms. The summed E-state index contributed by atoms with van der Waals surface area (Å²) in [7, 11) is -0.777. The third-order valence-electron chi connectivity index (χ3n) is 2.57. The van der Waals surface area contributed by atoms with Gasteiger partial charge < -0.3 is 0 Å². The van der Waals surface area contributed by atoms with E-state index in [1.165, 1.54) is 11.3 Å². The van der Waals surface area contributed by atoms with Crippen molar-refractivity contribution in [2.75, 3.05) is 5.75 Å². The molecule has 2 nitrogen and oxygen atoms in total. The fraction of sp³-hybridized carbons (Fsp3) is 0.583. The lowest BCUT2D eigenvalue weighted by Crippen LogP contribution is -2.13. The van der Waals surface area contributed by atoms with Crippen LogP contribution in [0.15, 0.2) is 17.5 Å². The van der Waals surface area contributed by atoms with Crippen molar-refractivity contribution in [1.82, 2.24) is 0 Å². The van der Waals surface area contributed by atoms with E-state index < -0.39 is 10.8 Å². The SMILES string of the molecule is CCC(C)S(=O)CCCC(=O)c1cccs1. The van der Waals surface area contributed by atoms with Crippen LogP contribution in [-0.2, 0) is 10.8 Å². The zero-order chi connectivity index (χ0) is 12.0. The Bertz CT molecular complexity index is 344. The minimum atomic E-state index is -0.777. The molecule has 2 atom stereocenters. The minimum absolute atomic E-state index is 0.177. The van der Waals surface area contributed by atoms with Crippen LogP contribution in [0, 0.1) is 0 Å². The van der Waals surface area contributed by atoms with Crippen molar-refractivity contribution in [2.24, 2.45) is 0 Å². The Kier molecular flexibility index (Phi) is 5.91. The number of carbonyl (C=O) groups is 1. The van der Waals surface area contributed by atoms with E-state index in [1.54, 1.807) is 0 Å². The normalized spacial score (nSPS) is 14.6. The van der Waals surface area contributed by atoms with Crippen LogP contribution in [-0.4, -0.2) is 21.0 Å². The van der Waals surface area contributed by atoms with Gasteiger partial charge in [-0.25, -0.2) is 0 Å². The number of hydrogen-bond donors (Lipinski definition) is 0. The van der Waals surface area contributed by atoms with Crippen molar-refractivity contribution in [3.8, 4) is 0 Å². The zero-order valence-corrected chi connectivity index (χ0v) is 11.4. The number of ketones is 1. The summed E-state index contributed by atoms with van der Waals surface area (Å²) in [6.07, 6.45) is 2.18. The van der Waals surface area contributed by atoms with Crippen LogP contribution in [0.25, 0.3) is 0 Å². The molecule has 0 fully saturated rings. The molecule has 1 aromatic rings. The average molecular weight is 258 g/mol. The van der Waals surface area contributed by atoms with Gasteiger partial charge in [0.05, 0.1) is 4.88 Å². The van der Waals surface area contributed by atoms with E-state index in [9.17, 15) is 9.00 Å². The van der Waals surface area contributed by atoms with E-state index in [0.717, 1.165) is 17.7 Å². The molecule has 0 aliphatic carbocycles. The molecule has 0 radical (unpaired) electrons. The molecule has 1 rings (SSSR count). The summed E-state index contributed by atoms with van der Waals surface area (Å²) in [5.41, 5.74) is 0. The van der Waals surface area contributed by atoms with Crippen LogP contribution in [0.1, 0.15) is 42.8 Å². The third-order valence-corrected chi connectivity index (χ3v) is 5.40. The topological polar surface area (TPSA) is 34.1 Å². The van der Waals surface area contributed by atoms with Gasteiger partial charge in [0.2, 0.25) is 0 Å². The van der Waals surface area contributed by atoms with Crippen molar-refractivity contribution in [3.63, 3.8) is 0 Å². The van der Waals surface area contributed by atoms with E-state index >= 15 is 0 Å². The maximum atomic E-state index is 11.6. The molecular formula is C12H18O2S2. The lowest BCUT2D eigenvalue weighted by atomic mass is 10.2. The first-order chi connectivity index (χ1) is 7.65. The van der Waals surface area contributed by atoms with Crippen LogP contribution in [0.4, 0.5) is 0 Å². The van der Waals surface area contributed by atoms with Crippen LogP contribution < -0.4 is 0 Å². The van der Waals surface area contributed by atoms with E-state index in [1.807, 2.05) is 31.4 Å². The van der Waals surface area contributed by atoms with Crippen LogP contribution in [0.2, 0.25) is 0 Å². The second-order valence-corrected chi connectivity index (χ2v) is 6.73. The third kappa shape index (κ3) is 4.18. The predicted octanol–water partition coefficient (Wildman–Crippen LogP) is 3.26. The molecule has 0 N–H and O–H groups in total. The molecular weight excluding hydrogens is 240 g/mol. The van der Waals surface area contributed by atoms with Crippen molar-refractivity contribution in [1.29, 1.82) is 0 Å². The Balaban J connectivity index is 2.26. The summed E-state index contributed by atoms with van der Waals surface area (Å²) in [4.78, 5) is 12.5. The molecule has 0 saturated carbocycles. The minimum Gasteiger partial charge on any atom is -0.293 e. The second kappa shape index (κ2) is 6.97. The van der Waals surface area contributed by atoms with Gasteiger partial charge >= 0.3 is 0 Å². The van der Waals surface area contributed by atoms with Crippen molar-refractivity contribution < 1.29 is 9.00 Å². The maximum Gasteiger partial charge on any atom is 0.172 e. The number of carbonyl (C=O) groups excluding carboxylic acids is 1. The number of hydrogen-bond acceptors (Lipinski definition) is 3. The first-order valence-corrected chi connectivity index (χ1v) is 7.85. The van der Waals surface area contributed by atoms with Crippen molar-refractivity contribution >= 4 is 27.9 Å². The summed E-state index contributed by atoms with van der Waals surface area (Å²) in [6.45, 7) is 4.04. The van der Waals surface area contributed by atoms with Gasteiger partial charge in [-0.1, -0.05) is 19.9 Å². The molecule has 2 unspecified atom stereocenters. The lowest BCUT2D eigenvalue weighted by Gasteiger charge is -2.07. The highest BCUT2D eigenvalue weighted by atomic mass is 32.2. The predicted molar refractivity (Wildman–Crippen MR) is 70.6 cm³/mol. The van der Waals surface area contributed by atoms with E-state index in [4.69, 9.17) is 0 Å². The van der Waals surface area contributed by atoms with Gasteiger partial charge in [0.25, 0.3) is 0 Å². The Morgan fingerprint density at radius 3 is 2.88 bits per heavy atom. The zero-order valence-electron chi connectivity index (χ0n) is 9.77. The molecule has 0 amide bonds. The molecule has 1 aromatic heterocycles. The van der Waals surface area contributed by atoms with Gasteiger partial charge in [0.15, 0.2) is 5.78 Å². The highest BCUT2D eigenvalue weighted by Crippen LogP contribution is 2.13. The van der Waals surface area contributed by atoms with E-state index in [0.29, 0.717) is 12.2 Å². The molecule has 90 valence electrons. The molecule has 0 saturated heterocycles. The summed E-state index contributed by atoms with van der Waals surface area (Å²) in [5.74, 6) is 0.822. The summed E-state index contributed by atoms with van der Waals surface area (Å²) in [5, 5.41) is 2.15. The van der Waals surface area contributed by atoms with Crippen LogP contribution in [0.3, 0.4) is 0 Å². The quantitative estimate of drug-likeness (QED) is 0.703. The Labute approximate surface area is 104 Å². The Morgan fingerprint density at radius 2 is 2.31 bits per heavy atom. The molecule has 1 heterocycles. The summed E-state index contributed by atoms with van der Waals surface area (Å²) >= 11 is 1.48. The number of Topliss-reactive ketones (excluding diaryl/α,β-unsaturated/α-hetero) is 1. The smallest absolute Gasteiger partial charge is 0.172 e. The fourth-order valence-electron chi connectivity index (χ4n) is 1.32. The van der Waals surface area contributed by atoms with Gasteiger partial charge in [-0.05, 0) is 24.3 Å². The molecule has 0 bridgehead atoms. The second-order valence-electron chi connectivity index (χ2n) is 3.81. The monoisotopic (exact) mass is 258 g/mol. The largest absolute Gasteiger partial charge is 0.293 e. The van der Waals surface area contributed by atoms with Gasteiger partial charge in [-0.2, -0.15) is 0 Å². The standard InChI is InChI=1S/C12H18O2S2/c1-3-10(2)16(14)9-5-6-11(13)12-7-4-8-15-12/h4,7-8,10H,3,5-6,9H2,1-2H3. The molecule has 0 aliphatic rings. The van der Waals surface area contributed by atoms with Crippen molar-refractivity contribution in [2.45, 2.75) is 38.4 Å². The first kappa shape index (κ1) is 13.6. The van der Waals surface area contributed by atoms with Crippen molar-refractivity contribution in [3.05, 3.63) is 22.4 Å². The first-order valence-electron chi connectivity index (χ1n) is 5.59. The maximum absolute atomic E-state index is 11.6. The lowest BCUT2D eigenvalue weighted by molar-refractivity contribution is 0.0986. The number of rotatable bonds is 7. The van der Waals surface area contributed by atoms with Gasteiger partial charge in [-0.15, -0.1) is 11.3 Å².